The molecule has 1 aliphatic rings. The van der Waals surface area contributed by atoms with Crippen LogP contribution in [0.5, 0.6) is 0 Å². The molecular weight excluding hydrogens is 172 g/mol. The van der Waals surface area contributed by atoms with Crippen molar-refractivity contribution < 1.29 is 0 Å². The fourth-order valence-corrected chi connectivity index (χ4v) is 1.62. The van der Waals surface area contributed by atoms with E-state index in [1.807, 2.05) is 7.05 Å². The van der Waals surface area contributed by atoms with Gasteiger partial charge < -0.3 is 10.2 Å². The average Bonchev–Trinajstić information content (AvgIpc) is 2.15. The maximum atomic E-state index is 4.12. The molecule has 1 heterocycles. The molecule has 0 saturated carbocycles. The monoisotopic (exact) mass is 188 g/mol. The zero-order valence-corrected chi connectivity index (χ0v) is 8.59. The van der Waals surface area contributed by atoms with Crippen molar-refractivity contribution in [2.75, 3.05) is 25.5 Å². The largest absolute Gasteiger partial charge is 0.388 e. The van der Waals surface area contributed by atoms with E-state index in [0.717, 1.165) is 24.5 Å². The van der Waals surface area contributed by atoms with E-state index in [1.54, 1.807) is 0 Å². The predicted octanol–water partition coefficient (Wildman–Crippen LogP) is 2.40. The lowest BCUT2D eigenvalue weighted by molar-refractivity contribution is 0.282. The number of nitrogens with one attached hydrogen (secondary N) is 1. The summed E-state index contributed by atoms with van der Waals surface area (Å²) in [5.74, 6) is 0. The molecule has 0 amide bonds. The SMILES string of the molecule is C=C(c1cccc(NC)c1)N1CCC1. The van der Waals surface area contributed by atoms with E-state index < -0.39 is 0 Å². The first-order valence-electron chi connectivity index (χ1n) is 5.03. The third kappa shape index (κ3) is 1.60. The first-order chi connectivity index (χ1) is 6.81. The molecular formula is C12H16N2. The fraction of sp³-hybridized carbons (Fsp3) is 0.333. The van der Waals surface area contributed by atoms with Gasteiger partial charge in [-0.15, -0.1) is 0 Å². The minimum Gasteiger partial charge on any atom is -0.388 e. The maximum Gasteiger partial charge on any atom is 0.0367 e. The van der Waals surface area contributed by atoms with Crippen LogP contribution in [0.4, 0.5) is 5.69 Å². The maximum absolute atomic E-state index is 4.12. The molecule has 1 saturated heterocycles. The molecule has 0 atom stereocenters. The third-order valence-electron chi connectivity index (χ3n) is 2.72. The first-order valence-corrected chi connectivity index (χ1v) is 5.03. The highest BCUT2D eigenvalue weighted by Crippen LogP contribution is 2.24. The van der Waals surface area contributed by atoms with Gasteiger partial charge in [0.05, 0.1) is 0 Å². The standard InChI is InChI=1S/C12H16N2/c1-10(14-7-4-8-14)11-5-3-6-12(9-11)13-2/h3,5-6,9,13H,1,4,7-8H2,2H3. The minimum absolute atomic E-state index is 1.14. The van der Waals surface area contributed by atoms with Gasteiger partial charge in [0.15, 0.2) is 0 Å². The average molecular weight is 188 g/mol. The summed E-state index contributed by atoms with van der Waals surface area (Å²) in [6, 6.07) is 8.38. The molecule has 0 spiro atoms. The highest BCUT2D eigenvalue weighted by Gasteiger charge is 2.16. The van der Waals surface area contributed by atoms with Crippen molar-refractivity contribution in [1.82, 2.24) is 4.90 Å². The Morgan fingerprint density at radius 2 is 2.21 bits per heavy atom. The van der Waals surface area contributed by atoms with Crippen LogP contribution in [0.1, 0.15) is 12.0 Å². The van der Waals surface area contributed by atoms with E-state index in [4.69, 9.17) is 0 Å². The van der Waals surface area contributed by atoms with Crippen molar-refractivity contribution in [2.45, 2.75) is 6.42 Å². The van der Waals surface area contributed by atoms with Gasteiger partial charge in [-0.2, -0.15) is 0 Å². The summed E-state index contributed by atoms with van der Waals surface area (Å²) < 4.78 is 0. The van der Waals surface area contributed by atoms with Crippen molar-refractivity contribution >= 4 is 11.4 Å². The summed E-state index contributed by atoms with van der Waals surface area (Å²) in [5, 5.41) is 3.14. The lowest BCUT2D eigenvalue weighted by atomic mass is 10.1. The lowest BCUT2D eigenvalue weighted by Gasteiger charge is -2.35. The molecule has 2 heteroatoms. The molecule has 0 aliphatic carbocycles. The Morgan fingerprint density at radius 3 is 2.79 bits per heavy atom. The van der Waals surface area contributed by atoms with Crippen molar-refractivity contribution in [3.8, 4) is 0 Å². The summed E-state index contributed by atoms with van der Waals surface area (Å²) >= 11 is 0. The first kappa shape index (κ1) is 9.13. The van der Waals surface area contributed by atoms with E-state index >= 15 is 0 Å². The number of hydrogen-bond donors (Lipinski definition) is 1. The number of anilines is 1. The number of hydrogen-bond acceptors (Lipinski definition) is 2. The Kier molecular flexibility index (Phi) is 2.44. The molecule has 0 bridgehead atoms. The molecule has 1 aromatic rings. The van der Waals surface area contributed by atoms with E-state index in [9.17, 15) is 0 Å². The number of rotatable bonds is 3. The Balaban J connectivity index is 2.18. The van der Waals surface area contributed by atoms with Gasteiger partial charge in [0.25, 0.3) is 0 Å². The molecule has 1 aromatic carbocycles. The smallest absolute Gasteiger partial charge is 0.0367 e. The van der Waals surface area contributed by atoms with Crippen molar-refractivity contribution in [3.05, 3.63) is 36.4 Å². The van der Waals surface area contributed by atoms with E-state index in [2.05, 4.69) is 41.1 Å². The zero-order chi connectivity index (χ0) is 9.97. The summed E-state index contributed by atoms with van der Waals surface area (Å²) in [4.78, 5) is 2.31. The second-order valence-electron chi connectivity index (χ2n) is 3.62. The third-order valence-corrected chi connectivity index (χ3v) is 2.72. The summed E-state index contributed by atoms with van der Waals surface area (Å²) in [7, 11) is 1.94. The number of likely N-dealkylation sites (tertiary alicyclic amines) is 1. The van der Waals surface area contributed by atoms with Gasteiger partial charge in [-0.1, -0.05) is 18.7 Å². The van der Waals surface area contributed by atoms with Gasteiger partial charge in [-0.05, 0) is 24.1 Å². The van der Waals surface area contributed by atoms with Crippen molar-refractivity contribution in [1.29, 1.82) is 0 Å². The molecule has 0 radical (unpaired) electrons. The Bertz CT molecular complexity index is 340. The van der Waals surface area contributed by atoms with Gasteiger partial charge in [0.2, 0.25) is 0 Å². The molecule has 0 unspecified atom stereocenters. The fourth-order valence-electron chi connectivity index (χ4n) is 1.62. The zero-order valence-electron chi connectivity index (χ0n) is 8.59. The lowest BCUT2D eigenvalue weighted by Crippen LogP contribution is -2.34. The molecule has 1 N–H and O–H groups in total. The van der Waals surface area contributed by atoms with Crippen LogP contribution in [-0.2, 0) is 0 Å². The summed E-state index contributed by atoms with van der Waals surface area (Å²) in [6.07, 6.45) is 1.30. The van der Waals surface area contributed by atoms with Crippen molar-refractivity contribution in [2.24, 2.45) is 0 Å². The topological polar surface area (TPSA) is 15.3 Å². The van der Waals surface area contributed by atoms with Gasteiger partial charge in [0, 0.05) is 31.5 Å². The Hall–Kier alpha value is -1.44. The van der Waals surface area contributed by atoms with Crippen LogP contribution >= 0.6 is 0 Å². The predicted molar refractivity (Wildman–Crippen MR) is 61.2 cm³/mol. The normalized spacial score (nSPS) is 14.8. The van der Waals surface area contributed by atoms with Gasteiger partial charge in [-0.3, -0.25) is 0 Å². The summed E-state index contributed by atoms with van der Waals surface area (Å²) in [6.45, 7) is 6.43. The molecule has 1 fully saturated rings. The number of benzene rings is 1. The van der Waals surface area contributed by atoms with Crippen LogP contribution in [0.15, 0.2) is 30.8 Å². The van der Waals surface area contributed by atoms with Crippen LogP contribution in [0.3, 0.4) is 0 Å². The quantitative estimate of drug-likeness (QED) is 0.783. The molecule has 2 nitrogen and oxygen atoms in total. The number of nitrogens with zero attached hydrogens (tertiary/aromatic N) is 1. The second kappa shape index (κ2) is 3.74. The highest BCUT2D eigenvalue weighted by molar-refractivity contribution is 5.66. The van der Waals surface area contributed by atoms with Gasteiger partial charge >= 0.3 is 0 Å². The summed E-state index contributed by atoms with van der Waals surface area (Å²) in [5.41, 5.74) is 3.51. The van der Waals surface area contributed by atoms with Crippen LogP contribution in [-0.4, -0.2) is 25.0 Å². The van der Waals surface area contributed by atoms with E-state index in [-0.39, 0.29) is 0 Å². The molecule has 0 aromatic heterocycles. The Labute approximate surface area is 85.2 Å². The van der Waals surface area contributed by atoms with Crippen LogP contribution in [0, 0.1) is 0 Å². The molecule has 2 rings (SSSR count). The van der Waals surface area contributed by atoms with Crippen LogP contribution < -0.4 is 5.32 Å². The Morgan fingerprint density at radius 1 is 1.43 bits per heavy atom. The van der Waals surface area contributed by atoms with Gasteiger partial charge in [0.1, 0.15) is 0 Å². The van der Waals surface area contributed by atoms with Crippen LogP contribution in [0.25, 0.3) is 5.70 Å². The molecule has 14 heavy (non-hydrogen) atoms. The molecule has 1 aliphatic heterocycles. The minimum atomic E-state index is 1.14. The molecule has 74 valence electrons. The highest BCUT2D eigenvalue weighted by atomic mass is 15.2. The van der Waals surface area contributed by atoms with E-state index in [1.165, 1.54) is 12.0 Å². The van der Waals surface area contributed by atoms with Crippen LogP contribution in [0.2, 0.25) is 0 Å². The van der Waals surface area contributed by atoms with Crippen molar-refractivity contribution in [3.63, 3.8) is 0 Å². The van der Waals surface area contributed by atoms with E-state index in [0.29, 0.717) is 0 Å². The second-order valence-corrected chi connectivity index (χ2v) is 3.62. The van der Waals surface area contributed by atoms with Gasteiger partial charge in [-0.25, -0.2) is 0 Å².